The number of halogens is 1. The van der Waals surface area contributed by atoms with Gasteiger partial charge in [-0.2, -0.15) is 0 Å². The summed E-state index contributed by atoms with van der Waals surface area (Å²) in [6, 6.07) is 7.63. The van der Waals surface area contributed by atoms with Gasteiger partial charge in [0.05, 0.1) is 5.56 Å². The first-order chi connectivity index (χ1) is 9.24. The lowest BCUT2D eigenvalue weighted by Crippen LogP contribution is -2.40. The van der Waals surface area contributed by atoms with Crippen molar-refractivity contribution >= 4 is 21.8 Å². The summed E-state index contributed by atoms with van der Waals surface area (Å²) in [6.45, 7) is 0.913. The minimum absolute atomic E-state index is 0.0301. The first-order valence-corrected chi connectivity index (χ1v) is 7.09. The van der Waals surface area contributed by atoms with Gasteiger partial charge in [-0.15, -0.1) is 0 Å². The van der Waals surface area contributed by atoms with Crippen molar-refractivity contribution in [2.45, 2.75) is 25.4 Å². The van der Waals surface area contributed by atoms with E-state index >= 15 is 0 Å². The number of nitrogens with zero attached hydrogens (tertiary/aromatic N) is 2. The summed E-state index contributed by atoms with van der Waals surface area (Å²) >= 11 is 3.40. The zero-order valence-electron chi connectivity index (χ0n) is 10.3. The van der Waals surface area contributed by atoms with Crippen molar-refractivity contribution in [2.24, 2.45) is 0 Å². The normalized spacial score (nSPS) is 17.8. The van der Waals surface area contributed by atoms with E-state index in [2.05, 4.69) is 30.8 Å². The Kier molecular flexibility index (Phi) is 3.38. The zero-order valence-corrected chi connectivity index (χ0v) is 11.9. The molecule has 1 unspecified atom stereocenters. The summed E-state index contributed by atoms with van der Waals surface area (Å²) in [4.78, 5) is 16.5. The second-order valence-electron chi connectivity index (χ2n) is 4.68. The number of nitrogens with one attached hydrogen (secondary N) is 1. The maximum Gasteiger partial charge on any atom is 0.252 e. The van der Waals surface area contributed by atoms with E-state index in [-0.39, 0.29) is 11.9 Å². The van der Waals surface area contributed by atoms with E-state index in [1.807, 2.05) is 36.7 Å². The Morgan fingerprint density at radius 2 is 2.26 bits per heavy atom. The molecule has 2 heterocycles. The van der Waals surface area contributed by atoms with Gasteiger partial charge < -0.3 is 9.88 Å². The Balaban J connectivity index is 1.70. The van der Waals surface area contributed by atoms with Crippen LogP contribution < -0.4 is 5.32 Å². The lowest BCUT2D eigenvalue weighted by atomic mass is 10.1. The summed E-state index contributed by atoms with van der Waals surface area (Å²) in [5.74, 6) is 1.01. The maximum atomic E-state index is 12.2. The molecule has 1 amide bonds. The van der Waals surface area contributed by atoms with Crippen LogP contribution in [0.1, 0.15) is 22.6 Å². The molecule has 0 saturated heterocycles. The van der Waals surface area contributed by atoms with Gasteiger partial charge >= 0.3 is 0 Å². The van der Waals surface area contributed by atoms with Crippen LogP contribution in [0.25, 0.3) is 0 Å². The molecule has 4 nitrogen and oxygen atoms in total. The Bertz CT molecular complexity index is 608. The van der Waals surface area contributed by atoms with Gasteiger partial charge in [-0.05, 0) is 34.5 Å². The molecule has 1 N–H and O–H groups in total. The summed E-state index contributed by atoms with van der Waals surface area (Å²) in [6.07, 6.45) is 5.54. The SMILES string of the molecule is O=C(NC1CCn2ccnc2C1)c1ccccc1Br. The number of benzene rings is 1. The van der Waals surface area contributed by atoms with Crippen LogP contribution in [0.2, 0.25) is 0 Å². The Morgan fingerprint density at radius 1 is 1.42 bits per heavy atom. The van der Waals surface area contributed by atoms with Crippen LogP contribution in [-0.2, 0) is 13.0 Å². The van der Waals surface area contributed by atoms with Crippen LogP contribution in [0.3, 0.4) is 0 Å². The third kappa shape index (κ3) is 2.56. The molecule has 1 aliphatic heterocycles. The van der Waals surface area contributed by atoms with E-state index < -0.39 is 0 Å². The van der Waals surface area contributed by atoms with E-state index in [1.54, 1.807) is 0 Å². The van der Waals surface area contributed by atoms with Gasteiger partial charge in [-0.3, -0.25) is 4.79 Å². The first-order valence-electron chi connectivity index (χ1n) is 6.29. The molecule has 0 spiro atoms. The topological polar surface area (TPSA) is 46.9 Å². The molecule has 2 aromatic rings. The number of imidazole rings is 1. The second-order valence-corrected chi connectivity index (χ2v) is 5.53. The minimum Gasteiger partial charge on any atom is -0.349 e. The molecular formula is C14H14BrN3O. The first kappa shape index (κ1) is 12.4. The fourth-order valence-electron chi connectivity index (χ4n) is 2.38. The van der Waals surface area contributed by atoms with Crippen LogP contribution in [0.4, 0.5) is 0 Å². The Morgan fingerprint density at radius 3 is 3.11 bits per heavy atom. The smallest absolute Gasteiger partial charge is 0.252 e. The standard InChI is InChI=1S/C14H14BrN3O/c15-12-4-2-1-3-11(12)14(19)17-10-5-7-18-8-6-16-13(18)9-10/h1-4,6,8,10H,5,7,9H2,(H,17,19). The summed E-state index contributed by atoms with van der Waals surface area (Å²) in [7, 11) is 0. The van der Waals surface area contributed by atoms with Crippen LogP contribution in [-0.4, -0.2) is 21.5 Å². The van der Waals surface area contributed by atoms with Gasteiger partial charge in [-0.25, -0.2) is 4.98 Å². The van der Waals surface area contributed by atoms with Crippen LogP contribution in [0.15, 0.2) is 41.1 Å². The summed E-state index contributed by atoms with van der Waals surface area (Å²) in [5.41, 5.74) is 0.677. The fraction of sp³-hybridized carbons (Fsp3) is 0.286. The van der Waals surface area contributed by atoms with Crippen molar-refractivity contribution in [3.63, 3.8) is 0 Å². The van der Waals surface area contributed by atoms with E-state index in [9.17, 15) is 4.79 Å². The highest BCUT2D eigenvalue weighted by molar-refractivity contribution is 9.10. The van der Waals surface area contributed by atoms with Crippen molar-refractivity contribution < 1.29 is 4.79 Å². The molecule has 19 heavy (non-hydrogen) atoms. The number of hydrogen-bond donors (Lipinski definition) is 1. The van der Waals surface area contributed by atoms with Gasteiger partial charge in [0.15, 0.2) is 0 Å². The third-order valence-electron chi connectivity index (χ3n) is 3.40. The predicted octanol–water partition coefficient (Wildman–Crippen LogP) is 2.39. The molecule has 0 saturated carbocycles. The highest BCUT2D eigenvalue weighted by atomic mass is 79.9. The molecule has 1 aromatic heterocycles. The number of fused-ring (bicyclic) bond motifs is 1. The number of aromatic nitrogens is 2. The lowest BCUT2D eigenvalue weighted by molar-refractivity contribution is 0.0930. The second kappa shape index (κ2) is 5.17. The monoisotopic (exact) mass is 319 g/mol. The molecule has 1 atom stereocenters. The van der Waals surface area contributed by atoms with Gasteiger partial charge in [0.2, 0.25) is 0 Å². The van der Waals surface area contributed by atoms with Gasteiger partial charge in [0.25, 0.3) is 5.91 Å². The van der Waals surface area contributed by atoms with Crippen molar-refractivity contribution in [3.8, 4) is 0 Å². The van der Waals surface area contributed by atoms with Crippen molar-refractivity contribution in [2.75, 3.05) is 0 Å². The average Bonchev–Trinajstić information content (AvgIpc) is 2.86. The third-order valence-corrected chi connectivity index (χ3v) is 4.09. The number of hydrogen-bond acceptors (Lipinski definition) is 2. The predicted molar refractivity (Wildman–Crippen MR) is 75.9 cm³/mol. The number of carbonyl (C=O) groups excluding carboxylic acids is 1. The highest BCUT2D eigenvalue weighted by Crippen LogP contribution is 2.18. The molecule has 0 fully saturated rings. The number of rotatable bonds is 2. The van der Waals surface area contributed by atoms with E-state index in [0.29, 0.717) is 5.56 Å². The largest absolute Gasteiger partial charge is 0.349 e. The number of carbonyl (C=O) groups is 1. The number of amides is 1. The quantitative estimate of drug-likeness (QED) is 0.923. The van der Waals surface area contributed by atoms with E-state index in [1.165, 1.54) is 0 Å². The van der Waals surface area contributed by atoms with Crippen LogP contribution >= 0.6 is 15.9 Å². The molecule has 0 bridgehead atoms. The molecule has 0 aliphatic carbocycles. The zero-order chi connectivity index (χ0) is 13.2. The number of aryl methyl sites for hydroxylation is 1. The minimum atomic E-state index is -0.0301. The van der Waals surface area contributed by atoms with E-state index in [4.69, 9.17) is 0 Å². The fourth-order valence-corrected chi connectivity index (χ4v) is 2.85. The molecule has 1 aromatic carbocycles. The van der Waals surface area contributed by atoms with E-state index in [0.717, 1.165) is 29.7 Å². The van der Waals surface area contributed by atoms with Crippen molar-refractivity contribution in [1.82, 2.24) is 14.9 Å². The molecule has 1 aliphatic rings. The molecule has 5 heteroatoms. The van der Waals surface area contributed by atoms with Crippen LogP contribution in [0, 0.1) is 0 Å². The van der Waals surface area contributed by atoms with Crippen molar-refractivity contribution in [3.05, 3.63) is 52.5 Å². The Labute approximate surface area is 120 Å². The van der Waals surface area contributed by atoms with Gasteiger partial charge in [0, 0.05) is 35.9 Å². The molecular weight excluding hydrogens is 306 g/mol. The van der Waals surface area contributed by atoms with Gasteiger partial charge in [-0.1, -0.05) is 12.1 Å². The average molecular weight is 320 g/mol. The molecule has 3 rings (SSSR count). The van der Waals surface area contributed by atoms with Gasteiger partial charge in [0.1, 0.15) is 5.82 Å². The summed E-state index contributed by atoms with van der Waals surface area (Å²) < 4.78 is 2.96. The summed E-state index contributed by atoms with van der Waals surface area (Å²) in [5, 5.41) is 3.08. The Hall–Kier alpha value is -1.62. The molecule has 98 valence electrons. The molecule has 0 radical (unpaired) electrons. The van der Waals surface area contributed by atoms with Crippen molar-refractivity contribution in [1.29, 1.82) is 0 Å². The van der Waals surface area contributed by atoms with Crippen LogP contribution in [0.5, 0.6) is 0 Å². The maximum absolute atomic E-state index is 12.2. The lowest BCUT2D eigenvalue weighted by Gasteiger charge is -2.24. The highest BCUT2D eigenvalue weighted by Gasteiger charge is 2.21.